The summed E-state index contributed by atoms with van der Waals surface area (Å²) in [5, 5.41) is 11.9. The van der Waals surface area contributed by atoms with Crippen LogP contribution >= 0.6 is 0 Å². The number of imide groups is 1. The van der Waals surface area contributed by atoms with Crippen molar-refractivity contribution in [3.8, 4) is 0 Å². The van der Waals surface area contributed by atoms with Crippen LogP contribution in [0.15, 0.2) is 53.3 Å². The zero-order chi connectivity index (χ0) is 21.3. The van der Waals surface area contributed by atoms with E-state index in [2.05, 4.69) is 0 Å². The molecule has 0 atom stereocenters. The lowest BCUT2D eigenvalue weighted by molar-refractivity contribution is -0.383. The standard InChI is InChI=1S/C21H14N4O5/c1-22-16-8-6-11(10-17(16)23(2)21(22)28)24-19(26)13-5-3-4-12-15(25(29)30)9-7-14(18(12)13)20(24)27/h3-10H,1-2H3. The number of benzene rings is 3. The van der Waals surface area contributed by atoms with E-state index < -0.39 is 16.7 Å². The number of fused-ring (bicyclic) bond motifs is 1. The minimum atomic E-state index is -0.570. The first-order valence-corrected chi connectivity index (χ1v) is 9.05. The normalized spacial score (nSPS) is 13.5. The minimum absolute atomic E-state index is 0.162. The third kappa shape index (κ3) is 2.14. The zero-order valence-corrected chi connectivity index (χ0v) is 15.9. The molecule has 5 rings (SSSR count). The largest absolute Gasteiger partial charge is 0.328 e. The lowest BCUT2D eigenvalue weighted by Gasteiger charge is -2.27. The molecular formula is C21H14N4O5. The van der Waals surface area contributed by atoms with Crippen molar-refractivity contribution in [1.82, 2.24) is 9.13 Å². The molecule has 1 aliphatic rings. The van der Waals surface area contributed by atoms with Gasteiger partial charge in [-0.2, -0.15) is 0 Å². The van der Waals surface area contributed by atoms with Crippen molar-refractivity contribution in [1.29, 1.82) is 0 Å². The highest BCUT2D eigenvalue weighted by Crippen LogP contribution is 2.37. The molecule has 2 amide bonds. The van der Waals surface area contributed by atoms with Gasteiger partial charge in [-0.3, -0.25) is 28.8 Å². The predicted molar refractivity (Wildman–Crippen MR) is 110 cm³/mol. The van der Waals surface area contributed by atoms with Gasteiger partial charge in [0.05, 0.1) is 27.0 Å². The van der Waals surface area contributed by atoms with E-state index >= 15 is 0 Å². The van der Waals surface area contributed by atoms with E-state index in [4.69, 9.17) is 0 Å². The Hall–Kier alpha value is -4.27. The van der Waals surface area contributed by atoms with Crippen molar-refractivity contribution >= 4 is 45.0 Å². The Morgan fingerprint density at radius 1 is 0.833 bits per heavy atom. The van der Waals surface area contributed by atoms with Crippen LogP contribution in [-0.2, 0) is 14.1 Å². The van der Waals surface area contributed by atoms with Crippen LogP contribution in [0.2, 0.25) is 0 Å². The van der Waals surface area contributed by atoms with Crippen LogP contribution in [0.4, 0.5) is 11.4 Å². The highest BCUT2D eigenvalue weighted by atomic mass is 16.6. The summed E-state index contributed by atoms with van der Waals surface area (Å²) in [5.74, 6) is -1.14. The van der Waals surface area contributed by atoms with Crippen LogP contribution in [0.25, 0.3) is 21.8 Å². The summed E-state index contributed by atoms with van der Waals surface area (Å²) in [6.45, 7) is 0. The van der Waals surface area contributed by atoms with E-state index in [-0.39, 0.29) is 33.3 Å². The van der Waals surface area contributed by atoms with Crippen molar-refractivity contribution in [2.45, 2.75) is 0 Å². The van der Waals surface area contributed by atoms with Crippen molar-refractivity contribution in [2.24, 2.45) is 14.1 Å². The fraction of sp³-hybridized carbons (Fsp3) is 0.0952. The number of hydrogen-bond acceptors (Lipinski definition) is 5. The summed E-state index contributed by atoms with van der Waals surface area (Å²) >= 11 is 0. The Morgan fingerprint density at radius 3 is 2.20 bits per heavy atom. The molecule has 148 valence electrons. The summed E-state index contributed by atoms with van der Waals surface area (Å²) in [6, 6.07) is 12.2. The van der Waals surface area contributed by atoms with Gasteiger partial charge >= 0.3 is 5.69 Å². The third-order valence-corrected chi connectivity index (χ3v) is 5.60. The number of nitro benzene ring substituents is 1. The summed E-state index contributed by atoms with van der Waals surface area (Å²) in [5.41, 5.74) is 1.61. The second kappa shape index (κ2) is 5.86. The van der Waals surface area contributed by atoms with E-state index in [1.165, 1.54) is 27.3 Å². The first-order valence-electron chi connectivity index (χ1n) is 9.05. The van der Waals surface area contributed by atoms with Gasteiger partial charge < -0.3 is 0 Å². The lowest BCUT2D eigenvalue weighted by Crippen LogP contribution is -2.40. The third-order valence-electron chi connectivity index (χ3n) is 5.60. The first-order chi connectivity index (χ1) is 14.3. The maximum atomic E-state index is 13.2. The molecule has 30 heavy (non-hydrogen) atoms. The molecule has 0 saturated carbocycles. The molecule has 0 saturated heterocycles. The maximum absolute atomic E-state index is 13.2. The van der Waals surface area contributed by atoms with Gasteiger partial charge in [0.1, 0.15) is 0 Å². The Morgan fingerprint density at radius 2 is 1.50 bits per heavy atom. The number of carbonyl (C=O) groups is 2. The summed E-state index contributed by atoms with van der Waals surface area (Å²) in [4.78, 5) is 50.6. The monoisotopic (exact) mass is 402 g/mol. The molecule has 0 unspecified atom stereocenters. The summed E-state index contributed by atoms with van der Waals surface area (Å²) < 4.78 is 2.92. The molecule has 0 aliphatic carbocycles. The van der Waals surface area contributed by atoms with Crippen molar-refractivity contribution in [3.05, 3.63) is 80.3 Å². The summed E-state index contributed by atoms with van der Waals surface area (Å²) in [6.07, 6.45) is 0. The summed E-state index contributed by atoms with van der Waals surface area (Å²) in [7, 11) is 3.26. The van der Waals surface area contributed by atoms with Gasteiger partial charge in [0.2, 0.25) is 0 Å². The van der Waals surface area contributed by atoms with Crippen LogP contribution in [0.1, 0.15) is 20.7 Å². The first kappa shape index (κ1) is 17.8. The lowest BCUT2D eigenvalue weighted by atomic mass is 9.92. The molecule has 0 fully saturated rings. The Kier molecular flexibility index (Phi) is 3.48. The van der Waals surface area contributed by atoms with Crippen LogP contribution in [0.3, 0.4) is 0 Å². The van der Waals surface area contributed by atoms with Gasteiger partial charge in [-0.05, 0) is 36.4 Å². The van der Waals surface area contributed by atoms with E-state index in [1.807, 2.05) is 0 Å². The molecule has 3 aromatic carbocycles. The molecule has 0 radical (unpaired) electrons. The molecule has 1 aromatic heterocycles. The van der Waals surface area contributed by atoms with Crippen molar-refractivity contribution in [2.75, 3.05) is 4.90 Å². The number of aromatic nitrogens is 2. The number of rotatable bonds is 2. The molecule has 9 heteroatoms. The maximum Gasteiger partial charge on any atom is 0.328 e. The van der Waals surface area contributed by atoms with E-state index in [1.54, 1.807) is 44.4 Å². The topological polar surface area (TPSA) is 107 Å². The quantitative estimate of drug-likeness (QED) is 0.291. The van der Waals surface area contributed by atoms with E-state index in [0.717, 1.165) is 4.90 Å². The molecule has 2 heterocycles. The van der Waals surface area contributed by atoms with Gasteiger partial charge in [0.15, 0.2) is 0 Å². The smallest absolute Gasteiger partial charge is 0.295 e. The number of carbonyl (C=O) groups excluding carboxylic acids is 2. The second-order valence-electron chi connectivity index (χ2n) is 7.14. The Balaban J connectivity index is 1.75. The zero-order valence-electron chi connectivity index (χ0n) is 15.9. The van der Waals surface area contributed by atoms with Crippen molar-refractivity contribution < 1.29 is 14.5 Å². The number of aryl methyl sites for hydroxylation is 2. The Labute approximate surface area is 168 Å². The molecule has 0 bridgehead atoms. The van der Waals surface area contributed by atoms with E-state index in [0.29, 0.717) is 16.7 Å². The fourth-order valence-electron chi connectivity index (χ4n) is 4.11. The van der Waals surface area contributed by atoms with Crippen molar-refractivity contribution in [3.63, 3.8) is 0 Å². The van der Waals surface area contributed by atoms with Gasteiger partial charge in [0, 0.05) is 36.7 Å². The van der Waals surface area contributed by atoms with Crippen LogP contribution < -0.4 is 10.6 Å². The average Bonchev–Trinajstić information content (AvgIpc) is 2.95. The molecule has 9 nitrogen and oxygen atoms in total. The number of imidazole rings is 1. The number of non-ortho nitro benzene ring substituents is 1. The van der Waals surface area contributed by atoms with Crippen LogP contribution in [0.5, 0.6) is 0 Å². The minimum Gasteiger partial charge on any atom is -0.295 e. The number of amides is 2. The van der Waals surface area contributed by atoms with E-state index in [9.17, 15) is 24.5 Å². The molecular weight excluding hydrogens is 388 g/mol. The number of hydrogen-bond donors (Lipinski definition) is 0. The number of nitrogens with zero attached hydrogens (tertiary/aromatic N) is 4. The molecule has 4 aromatic rings. The van der Waals surface area contributed by atoms with Gasteiger partial charge in [0.25, 0.3) is 17.5 Å². The highest BCUT2D eigenvalue weighted by molar-refractivity contribution is 6.36. The number of nitro groups is 1. The predicted octanol–water partition coefficient (Wildman–Crippen LogP) is 2.74. The molecule has 0 N–H and O–H groups in total. The van der Waals surface area contributed by atoms with Crippen LogP contribution in [0, 0.1) is 10.1 Å². The SMILES string of the molecule is Cn1c(=O)n(C)c2cc(N3C(=O)c4cccc5c([N+](=O)[O-])ccc(c45)C3=O)ccc21. The molecule has 0 spiro atoms. The average molecular weight is 402 g/mol. The molecule has 1 aliphatic heterocycles. The number of anilines is 1. The Bertz CT molecular complexity index is 1490. The van der Waals surface area contributed by atoms with Gasteiger partial charge in [-0.25, -0.2) is 9.69 Å². The highest BCUT2D eigenvalue weighted by Gasteiger charge is 2.35. The fourth-order valence-corrected chi connectivity index (χ4v) is 4.11. The van der Waals surface area contributed by atoms with Gasteiger partial charge in [-0.1, -0.05) is 6.07 Å². The van der Waals surface area contributed by atoms with Crippen LogP contribution in [-0.4, -0.2) is 25.9 Å². The second-order valence-corrected chi connectivity index (χ2v) is 7.14. The van der Waals surface area contributed by atoms with Gasteiger partial charge in [-0.15, -0.1) is 0 Å².